The molecule has 0 aromatic heterocycles. The van der Waals surface area contributed by atoms with Crippen molar-refractivity contribution in [2.75, 3.05) is 36.5 Å². The van der Waals surface area contributed by atoms with E-state index in [1.165, 1.54) is 0 Å². The van der Waals surface area contributed by atoms with Crippen molar-refractivity contribution in [3.63, 3.8) is 0 Å². The molecule has 184 valence electrons. The first-order valence-electron chi connectivity index (χ1n) is 12.5. The van der Waals surface area contributed by atoms with Crippen LogP contribution in [0, 0.1) is 17.9 Å². The predicted molar refractivity (Wildman–Crippen MR) is 131 cm³/mol. The number of rotatable bonds is 5. The Balaban J connectivity index is 1.45. The molecule has 1 aromatic rings. The highest BCUT2D eigenvalue weighted by Gasteiger charge is 2.50. The van der Waals surface area contributed by atoms with E-state index < -0.39 is 11.5 Å². The van der Waals surface area contributed by atoms with Crippen molar-refractivity contribution in [1.82, 2.24) is 4.90 Å². The average molecular weight is 469 g/mol. The first kappa shape index (κ1) is 24.3. The van der Waals surface area contributed by atoms with E-state index in [0.29, 0.717) is 24.5 Å². The Kier molecular flexibility index (Phi) is 7.32. The summed E-state index contributed by atoms with van der Waals surface area (Å²) in [7, 11) is 0. The summed E-state index contributed by atoms with van der Waals surface area (Å²) in [6.45, 7) is 14.2. The molecule has 0 bridgehead atoms. The molecule has 1 atom stereocenters. The zero-order chi connectivity index (χ0) is 24.3. The molecule has 0 radical (unpaired) electrons. The molecule has 0 unspecified atom stereocenters. The molecule has 2 aliphatic heterocycles. The Labute approximate surface area is 202 Å². The molecule has 1 saturated carbocycles. The van der Waals surface area contributed by atoms with Crippen LogP contribution in [0.15, 0.2) is 18.2 Å². The van der Waals surface area contributed by atoms with Gasteiger partial charge in [0.25, 0.3) is 0 Å². The Morgan fingerprint density at radius 1 is 1.26 bits per heavy atom. The first-order chi connectivity index (χ1) is 16.3. The van der Waals surface area contributed by atoms with Crippen LogP contribution in [-0.4, -0.2) is 60.4 Å². The van der Waals surface area contributed by atoms with E-state index in [1.807, 2.05) is 19.9 Å². The van der Waals surface area contributed by atoms with E-state index in [1.54, 1.807) is 12.1 Å². The van der Waals surface area contributed by atoms with E-state index in [0.717, 1.165) is 63.7 Å². The van der Waals surface area contributed by atoms with Gasteiger partial charge in [0.15, 0.2) is 0 Å². The highest BCUT2D eigenvalue weighted by molar-refractivity contribution is 5.89. The van der Waals surface area contributed by atoms with Crippen LogP contribution in [0.2, 0.25) is 0 Å². The van der Waals surface area contributed by atoms with Crippen LogP contribution < -0.4 is 10.2 Å². The average Bonchev–Trinajstić information content (AvgIpc) is 3.13. The van der Waals surface area contributed by atoms with Gasteiger partial charge in [0, 0.05) is 37.1 Å². The van der Waals surface area contributed by atoms with Crippen molar-refractivity contribution >= 4 is 29.1 Å². The molecule has 1 spiro atoms. The van der Waals surface area contributed by atoms with Gasteiger partial charge in [-0.05, 0) is 69.1 Å². The third-order valence-electron chi connectivity index (χ3n) is 7.46. The van der Waals surface area contributed by atoms with Gasteiger partial charge in [-0.25, -0.2) is 9.64 Å². The molecule has 4 rings (SSSR count). The zero-order valence-corrected chi connectivity index (χ0v) is 20.3. The molecular formula is C26H36N4O4. The summed E-state index contributed by atoms with van der Waals surface area (Å²) in [5, 5.41) is 12.5. The normalized spacial score (nSPS) is 27.2. The van der Waals surface area contributed by atoms with Gasteiger partial charge in [-0.1, -0.05) is 13.8 Å². The molecule has 8 heteroatoms. The van der Waals surface area contributed by atoms with Crippen molar-refractivity contribution in [2.45, 2.75) is 70.9 Å². The summed E-state index contributed by atoms with van der Waals surface area (Å²) in [4.78, 5) is 33.6. The van der Waals surface area contributed by atoms with Gasteiger partial charge < -0.3 is 19.6 Å². The number of hydrogen-bond donors (Lipinski definition) is 2. The number of carbonyl (C=O) groups excluding carboxylic acids is 2. The van der Waals surface area contributed by atoms with Gasteiger partial charge in [-0.3, -0.25) is 10.1 Å². The fourth-order valence-corrected chi connectivity index (χ4v) is 5.64. The molecule has 8 nitrogen and oxygen atoms in total. The number of nitrogens with one attached hydrogen (secondary N) is 1. The van der Waals surface area contributed by atoms with Gasteiger partial charge in [0.1, 0.15) is 0 Å². The zero-order valence-electron chi connectivity index (χ0n) is 20.3. The molecule has 34 heavy (non-hydrogen) atoms. The first-order valence-corrected chi connectivity index (χ1v) is 12.5. The minimum Gasteiger partial charge on any atom is -0.449 e. The third-order valence-corrected chi connectivity index (χ3v) is 7.46. The van der Waals surface area contributed by atoms with Crippen molar-refractivity contribution in [1.29, 1.82) is 0 Å². The fourth-order valence-electron chi connectivity index (χ4n) is 5.64. The molecule has 1 aromatic carbocycles. The minimum atomic E-state index is -0.527. The second-order valence-electron chi connectivity index (χ2n) is 10.4. The summed E-state index contributed by atoms with van der Waals surface area (Å²) in [6.07, 6.45) is 5.17. The van der Waals surface area contributed by atoms with Crippen LogP contribution in [-0.2, 0) is 9.53 Å². The molecular weight excluding hydrogens is 432 g/mol. The molecule has 3 aliphatic rings. The summed E-state index contributed by atoms with van der Waals surface area (Å²) >= 11 is 0. The van der Waals surface area contributed by atoms with Crippen molar-refractivity contribution in [2.24, 2.45) is 11.3 Å². The van der Waals surface area contributed by atoms with E-state index in [4.69, 9.17) is 11.3 Å². The van der Waals surface area contributed by atoms with Crippen LogP contribution in [0.25, 0.3) is 4.85 Å². The molecule has 2 amide bonds. The standard InChI is InChI=1S/C26H36N4O4/c1-18(2)16-34-25(33)28-19-5-10-23(22(15-19)27-3)29-13-4-11-26(17-29)12-14-30(24(26)32)20-6-8-21(31)9-7-20/h5,10,15,18,20-21,31H,4,6-9,11-14,16-17H2,1-2H3,(H,28,33)/t20?,21?,26-/m1/s1. The Hall–Kier alpha value is -2.79. The van der Waals surface area contributed by atoms with E-state index in [2.05, 4.69) is 20.0 Å². The van der Waals surface area contributed by atoms with Crippen molar-refractivity contribution in [3.05, 3.63) is 29.6 Å². The lowest BCUT2D eigenvalue weighted by molar-refractivity contribution is -0.139. The topological polar surface area (TPSA) is 86.5 Å². The Bertz CT molecular complexity index is 951. The predicted octanol–water partition coefficient (Wildman–Crippen LogP) is 4.56. The number of nitrogens with zero attached hydrogens (tertiary/aromatic N) is 3. The highest BCUT2D eigenvalue weighted by Crippen LogP contribution is 2.45. The molecule has 1 aliphatic carbocycles. The lowest BCUT2D eigenvalue weighted by Gasteiger charge is -2.42. The second-order valence-corrected chi connectivity index (χ2v) is 10.4. The number of aliphatic hydroxyl groups excluding tert-OH is 1. The molecule has 2 heterocycles. The van der Waals surface area contributed by atoms with Crippen LogP contribution in [0.4, 0.5) is 21.9 Å². The summed E-state index contributed by atoms with van der Waals surface area (Å²) in [6, 6.07) is 5.57. The maximum absolute atomic E-state index is 13.6. The number of benzene rings is 1. The van der Waals surface area contributed by atoms with Crippen LogP contribution >= 0.6 is 0 Å². The van der Waals surface area contributed by atoms with Gasteiger partial charge in [0.05, 0.1) is 24.7 Å². The summed E-state index contributed by atoms with van der Waals surface area (Å²) in [5.41, 5.74) is 1.40. The number of ether oxygens (including phenoxy) is 1. The van der Waals surface area contributed by atoms with Crippen molar-refractivity contribution in [3.8, 4) is 0 Å². The number of anilines is 2. The van der Waals surface area contributed by atoms with Crippen LogP contribution in [0.5, 0.6) is 0 Å². The highest BCUT2D eigenvalue weighted by atomic mass is 16.5. The lowest BCUT2D eigenvalue weighted by atomic mass is 9.78. The third kappa shape index (κ3) is 5.15. The largest absolute Gasteiger partial charge is 0.449 e. The van der Waals surface area contributed by atoms with Gasteiger partial charge in [-0.15, -0.1) is 0 Å². The second kappa shape index (κ2) is 10.2. The quantitative estimate of drug-likeness (QED) is 0.619. The number of aliphatic hydroxyl groups is 1. The SMILES string of the molecule is [C-]#[N+]c1cc(NC(=O)OCC(C)C)ccc1N1CCC[C@@]2(CCN(C3CCC(O)CC3)C2=O)C1. The maximum atomic E-state index is 13.6. The number of likely N-dealkylation sites (tertiary alicyclic amines) is 1. The van der Waals surface area contributed by atoms with Gasteiger partial charge in [-0.2, -0.15) is 0 Å². The smallest absolute Gasteiger partial charge is 0.411 e. The van der Waals surface area contributed by atoms with E-state index >= 15 is 0 Å². The minimum absolute atomic E-state index is 0.227. The summed E-state index contributed by atoms with van der Waals surface area (Å²) in [5.74, 6) is 0.492. The van der Waals surface area contributed by atoms with E-state index in [9.17, 15) is 14.7 Å². The molecule has 2 N–H and O–H groups in total. The molecule has 2 saturated heterocycles. The molecule has 3 fully saturated rings. The van der Waals surface area contributed by atoms with Crippen LogP contribution in [0.3, 0.4) is 0 Å². The fraction of sp³-hybridized carbons (Fsp3) is 0.654. The monoisotopic (exact) mass is 468 g/mol. The van der Waals surface area contributed by atoms with Crippen LogP contribution in [0.1, 0.15) is 58.8 Å². The Morgan fingerprint density at radius 3 is 2.74 bits per heavy atom. The van der Waals surface area contributed by atoms with Crippen molar-refractivity contribution < 1.29 is 19.4 Å². The number of hydrogen-bond acceptors (Lipinski definition) is 5. The number of carbonyl (C=O) groups is 2. The van der Waals surface area contributed by atoms with Gasteiger partial charge in [0.2, 0.25) is 11.6 Å². The van der Waals surface area contributed by atoms with E-state index in [-0.39, 0.29) is 24.0 Å². The Morgan fingerprint density at radius 2 is 2.03 bits per heavy atom. The maximum Gasteiger partial charge on any atom is 0.411 e. The number of piperidine rings is 1. The summed E-state index contributed by atoms with van der Waals surface area (Å²) < 4.78 is 5.17. The number of amides is 2. The van der Waals surface area contributed by atoms with Gasteiger partial charge >= 0.3 is 6.09 Å². The lowest BCUT2D eigenvalue weighted by Crippen LogP contribution is -2.50.